The van der Waals surface area contributed by atoms with Gasteiger partial charge in [0.15, 0.2) is 0 Å². The predicted molar refractivity (Wildman–Crippen MR) is 51.4 cm³/mol. The Bertz CT molecular complexity index is 131. The highest BCUT2D eigenvalue weighted by Gasteiger charge is 1.96. The Morgan fingerprint density at radius 2 is 2.00 bits per heavy atom. The number of hydrogen-bond acceptors (Lipinski definition) is 5. The van der Waals surface area contributed by atoms with Gasteiger partial charge in [-0.3, -0.25) is 4.79 Å². The zero-order chi connectivity index (χ0) is 9.94. The van der Waals surface area contributed by atoms with Crippen LogP contribution in [0.25, 0.3) is 0 Å². The lowest BCUT2D eigenvalue weighted by Crippen LogP contribution is -2.29. The molecular formula is C8H19N3O2. The quantitative estimate of drug-likeness (QED) is 0.326. The fourth-order valence-corrected chi connectivity index (χ4v) is 0.828. The fraction of sp³-hybridized carbons (Fsp3) is 0.875. The minimum atomic E-state index is -0.227. The molecule has 0 aromatic carbocycles. The average Bonchev–Trinajstić information content (AvgIpc) is 2.16. The zero-order valence-corrected chi connectivity index (χ0v) is 8.14. The molecule has 0 saturated heterocycles. The smallest absolute Gasteiger partial charge is 0.319 e. The maximum absolute atomic E-state index is 10.6. The van der Waals surface area contributed by atoms with Gasteiger partial charge in [-0.2, -0.15) is 0 Å². The van der Waals surface area contributed by atoms with Crippen LogP contribution in [-0.2, 0) is 9.53 Å². The van der Waals surface area contributed by atoms with Gasteiger partial charge in [0.1, 0.15) is 0 Å². The van der Waals surface area contributed by atoms with Gasteiger partial charge in [0.25, 0.3) is 0 Å². The molecule has 13 heavy (non-hydrogen) atoms. The van der Waals surface area contributed by atoms with E-state index in [1.165, 1.54) is 7.11 Å². The molecule has 0 heterocycles. The van der Waals surface area contributed by atoms with E-state index in [1.807, 2.05) is 0 Å². The molecule has 0 unspecified atom stereocenters. The number of carbonyl (C=O) groups excluding carboxylic acids is 1. The molecule has 0 saturated carbocycles. The molecule has 0 aliphatic heterocycles. The third-order valence-electron chi connectivity index (χ3n) is 1.53. The molecule has 0 aromatic heterocycles. The molecule has 0 bridgehead atoms. The van der Waals surface area contributed by atoms with Crippen molar-refractivity contribution in [1.29, 1.82) is 0 Å². The summed E-state index contributed by atoms with van der Waals surface area (Å²) in [5.74, 6) is -0.227. The molecule has 0 fully saturated rings. The first-order valence-corrected chi connectivity index (χ1v) is 4.49. The Balaban J connectivity index is 2.95. The Morgan fingerprint density at radius 3 is 2.62 bits per heavy atom. The first-order valence-electron chi connectivity index (χ1n) is 4.49. The Hall–Kier alpha value is -0.650. The number of ether oxygens (including phenoxy) is 1. The SMILES string of the molecule is COC(=O)CNCCCNCCN. The topological polar surface area (TPSA) is 76.4 Å². The molecule has 0 aliphatic rings. The van der Waals surface area contributed by atoms with Crippen LogP contribution in [0.2, 0.25) is 0 Å². The summed E-state index contributed by atoms with van der Waals surface area (Å²) in [6, 6.07) is 0. The van der Waals surface area contributed by atoms with Crippen molar-refractivity contribution >= 4 is 5.97 Å². The van der Waals surface area contributed by atoms with Crippen molar-refractivity contribution in [1.82, 2.24) is 10.6 Å². The first kappa shape index (κ1) is 12.3. The second-order valence-corrected chi connectivity index (χ2v) is 2.65. The van der Waals surface area contributed by atoms with E-state index in [4.69, 9.17) is 5.73 Å². The third-order valence-corrected chi connectivity index (χ3v) is 1.53. The Kier molecular flexibility index (Phi) is 8.97. The number of hydrogen-bond donors (Lipinski definition) is 3. The minimum Gasteiger partial charge on any atom is -0.468 e. The van der Waals surface area contributed by atoms with Crippen LogP contribution in [0.1, 0.15) is 6.42 Å². The summed E-state index contributed by atoms with van der Waals surface area (Å²) >= 11 is 0. The second kappa shape index (κ2) is 9.44. The lowest BCUT2D eigenvalue weighted by atomic mass is 10.4. The maximum Gasteiger partial charge on any atom is 0.319 e. The number of rotatable bonds is 8. The van der Waals surface area contributed by atoms with Crippen molar-refractivity contribution in [2.75, 3.05) is 39.8 Å². The van der Waals surface area contributed by atoms with Gasteiger partial charge in [0.05, 0.1) is 13.7 Å². The van der Waals surface area contributed by atoms with Gasteiger partial charge in [-0.25, -0.2) is 0 Å². The first-order chi connectivity index (χ1) is 6.31. The van der Waals surface area contributed by atoms with Crippen LogP contribution in [0.15, 0.2) is 0 Å². The number of nitrogens with two attached hydrogens (primary N) is 1. The van der Waals surface area contributed by atoms with Crippen LogP contribution in [0.5, 0.6) is 0 Å². The lowest BCUT2D eigenvalue weighted by Gasteiger charge is -2.04. The number of nitrogens with one attached hydrogen (secondary N) is 2. The van der Waals surface area contributed by atoms with Crippen LogP contribution in [0.3, 0.4) is 0 Å². The summed E-state index contributed by atoms with van der Waals surface area (Å²) in [6.07, 6.45) is 0.983. The minimum absolute atomic E-state index is 0.227. The van der Waals surface area contributed by atoms with E-state index in [0.29, 0.717) is 6.54 Å². The van der Waals surface area contributed by atoms with Crippen molar-refractivity contribution in [3.63, 3.8) is 0 Å². The van der Waals surface area contributed by atoms with Crippen LogP contribution in [-0.4, -0.2) is 45.8 Å². The third kappa shape index (κ3) is 9.26. The fourth-order valence-electron chi connectivity index (χ4n) is 0.828. The van der Waals surface area contributed by atoms with Crippen molar-refractivity contribution in [3.8, 4) is 0 Å². The van der Waals surface area contributed by atoms with E-state index in [0.717, 1.165) is 26.1 Å². The van der Waals surface area contributed by atoms with Gasteiger partial charge in [-0.05, 0) is 19.5 Å². The summed E-state index contributed by atoms with van der Waals surface area (Å²) in [5, 5.41) is 6.12. The van der Waals surface area contributed by atoms with Gasteiger partial charge in [-0.15, -0.1) is 0 Å². The van der Waals surface area contributed by atoms with Crippen molar-refractivity contribution in [2.24, 2.45) is 5.73 Å². The van der Waals surface area contributed by atoms with E-state index >= 15 is 0 Å². The zero-order valence-electron chi connectivity index (χ0n) is 8.14. The Labute approximate surface area is 79.0 Å². The van der Waals surface area contributed by atoms with Crippen molar-refractivity contribution in [2.45, 2.75) is 6.42 Å². The molecular weight excluding hydrogens is 170 g/mol. The summed E-state index contributed by atoms with van der Waals surface area (Å²) in [4.78, 5) is 10.6. The monoisotopic (exact) mass is 189 g/mol. The van der Waals surface area contributed by atoms with Gasteiger partial charge in [0, 0.05) is 13.1 Å². The highest BCUT2D eigenvalue weighted by molar-refractivity contribution is 5.71. The summed E-state index contributed by atoms with van der Waals surface area (Å²) in [5.41, 5.74) is 5.29. The van der Waals surface area contributed by atoms with Gasteiger partial charge >= 0.3 is 5.97 Å². The molecule has 0 atom stereocenters. The highest BCUT2D eigenvalue weighted by Crippen LogP contribution is 1.74. The maximum atomic E-state index is 10.6. The molecule has 4 N–H and O–H groups in total. The standard InChI is InChI=1S/C8H19N3O2/c1-13-8(12)7-11-5-2-4-10-6-3-9/h10-11H,2-7,9H2,1H3. The van der Waals surface area contributed by atoms with Gasteiger partial charge in [0.2, 0.25) is 0 Å². The van der Waals surface area contributed by atoms with Crippen LogP contribution < -0.4 is 16.4 Å². The molecule has 5 heteroatoms. The number of methoxy groups -OCH3 is 1. The van der Waals surface area contributed by atoms with E-state index in [-0.39, 0.29) is 12.5 Å². The van der Waals surface area contributed by atoms with E-state index in [1.54, 1.807) is 0 Å². The van der Waals surface area contributed by atoms with Gasteiger partial charge < -0.3 is 21.1 Å². The molecule has 0 spiro atoms. The van der Waals surface area contributed by atoms with E-state index in [9.17, 15) is 4.79 Å². The molecule has 0 rings (SSSR count). The normalized spacial score (nSPS) is 10.0. The molecule has 78 valence electrons. The second-order valence-electron chi connectivity index (χ2n) is 2.65. The molecule has 0 aliphatic carbocycles. The van der Waals surface area contributed by atoms with Crippen LogP contribution in [0, 0.1) is 0 Å². The number of esters is 1. The molecule has 5 nitrogen and oxygen atoms in total. The van der Waals surface area contributed by atoms with Crippen molar-refractivity contribution < 1.29 is 9.53 Å². The van der Waals surface area contributed by atoms with Gasteiger partial charge in [-0.1, -0.05) is 0 Å². The summed E-state index contributed by atoms with van der Waals surface area (Å²) < 4.78 is 4.46. The average molecular weight is 189 g/mol. The largest absolute Gasteiger partial charge is 0.468 e. The molecule has 0 radical (unpaired) electrons. The summed E-state index contributed by atoms with van der Waals surface area (Å²) in [6.45, 7) is 3.53. The lowest BCUT2D eigenvalue weighted by molar-refractivity contribution is -0.139. The van der Waals surface area contributed by atoms with Crippen LogP contribution in [0.4, 0.5) is 0 Å². The Morgan fingerprint density at radius 1 is 1.31 bits per heavy atom. The van der Waals surface area contributed by atoms with E-state index < -0.39 is 0 Å². The predicted octanol–water partition coefficient (Wildman–Crippen LogP) is -1.31. The summed E-state index contributed by atoms with van der Waals surface area (Å²) in [7, 11) is 1.38. The molecule has 0 aromatic rings. The number of carbonyl (C=O) groups is 1. The van der Waals surface area contributed by atoms with Crippen molar-refractivity contribution in [3.05, 3.63) is 0 Å². The molecule has 0 amide bonds. The van der Waals surface area contributed by atoms with E-state index in [2.05, 4.69) is 15.4 Å². The van der Waals surface area contributed by atoms with Crippen LogP contribution >= 0.6 is 0 Å². The highest BCUT2D eigenvalue weighted by atomic mass is 16.5.